The lowest BCUT2D eigenvalue weighted by Gasteiger charge is -2.13. The number of hydrogen-bond acceptors (Lipinski definition) is 3. The summed E-state index contributed by atoms with van der Waals surface area (Å²) >= 11 is 17.1. The smallest absolute Gasteiger partial charge is 0.273 e. The molecule has 0 radical (unpaired) electrons. The number of rotatable bonds is 2. The summed E-state index contributed by atoms with van der Waals surface area (Å²) in [7, 11) is 0. The van der Waals surface area contributed by atoms with Crippen LogP contribution in [0.2, 0.25) is 10.0 Å². The molecule has 0 heterocycles. The highest BCUT2D eigenvalue weighted by Crippen LogP contribution is 2.29. The third-order valence-electron chi connectivity index (χ3n) is 3.60. The van der Waals surface area contributed by atoms with Gasteiger partial charge in [-0.3, -0.25) is 15.6 Å². The Morgan fingerprint density at radius 3 is 2.38 bits per heavy atom. The fourth-order valence-corrected chi connectivity index (χ4v) is 2.85. The summed E-state index contributed by atoms with van der Waals surface area (Å²) in [6, 6.07) is 15.6. The summed E-state index contributed by atoms with van der Waals surface area (Å²) in [6.45, 7) is 0. The Balaban J connectivity index is 1.68. The van der Waals surface area contributed by atoms with Crippen LogP contribution < -0.4 is 16.2 Å². The van der Waals surface area contributed by atoms with Crippen molar-refractivity contribution in [3.63, 3.8) is 0 Å². The fourth-order valence-electron chi connectivity index (χ4n) is 2.34. The molecule has 0 spiro atoms. The Hall–Kier alpha value is -2.54. The Kier molecular flexibility index (Phi) is 5.46. The van der Waals surface area contributed by atoms with E-state index in [9.17, 15) is 9.90 Å². The van der Waals surface area contributed by atoms with Gasteiger partial charge in [0.15, 0.2) is 5.11 Å². The Bertz CT molecular complexity index is 1010. The summed E-state index contributed by atoms with van der Waals surface area (Å²) in [5.41, 5.74) is 5.61. The van der Waals surface area contributed by atoms with Crippen molar-refractivity contribution >= 4 is 62.9 Å². The summed E-state index contributed by atoms with van der Waals surface area (Å²) in [6.07, 6.45) is 0. The Morgan fingerprint density at radius 2 is 1.65 bits per heavy atom. The van der Waals surface area contributed by atoms with Gasteiger partial charge in [0.2, 0.25) is 0 Å². The second kappa shape index (κ2) is 7.78. The molecule has 1 amide bonds. The van der Waals surface area contributed by atoms with Crippen LogP contribution in [-0.2, 0) is 0 Å². The number of nitrogens with one attached hydrogen (secondary N) is 3. The molecule has 0 aliphatic heterocycles. The number of benzene rings is 3. The van der Waals surface area contributed by atoms with Gasteiger partial charge in [-0.25, -0.2) is 0 Å². The number of aromatic hydroxyl groups is 1. The predicted octanol–water partition coefficient (Wildman–Crippen LogP) is 4.48. The van der Waals surface area contributed by atoms with E-state index in [1.165, 1.54) is 6.07 Å². The van der Waals surface area contributed by atoms with Gasteiger partial charge >= 0.3 is 0 Å². The maximum Gasteiger partial charge on any atom is 0.273 e. The first-order chi connectivity index (χ1) is 12.5. The van der Waals surface area contributed by atoms with Gasteiger partial charge in [0.05, 0.1) is 21.3 Å². The van der Waals surface area contributed by atoms with Crippen LogP contribution in [0.25, 0.3) is 10.8 Å². The van der Waals surface area contributed by atoms with E-state index in [0.29, 0.717) is 15.7 Å². The standard InChI is InChI=1S/C18H13Cl2N3O2S/c19-13-6-3-7-14(16(13)20)21-18(26)23-22-17(25)12-8-10-4-1-2-5-11(10)9-15(12)24/h1-9,24H,(H,22,25)(H2,21,23,26). The van der Waals surface area contributed by atoms with Crippen molar-refractivity contribution in [1.29, 1.82) is 0 Å². The summed E-state index contributed by atoms with van der Waals surface area (Å²) in [5.74, 6) is -0.658. The number of anilines is 1. The third-order valence-corrected chi connectivity index (χ3v) is 4.62. The van der Waals surface area contributed by atoms with E-state index in [0.717, 1.165) is 10.8 Å². The minimum Gasteiger partial charge on any atom is -0.507 e. The molecule has 4 N–H and O–H groups in total. The number of hydrogen-bond donors (Lipinski definition) is 4. The predicted molar refractivity (Wildman–Crippen MR) is 109 cm³/mol. The van der Waals surface area contributed by atoms with Gasteiger partial charge in [-0.1, -0.05) is 53.5 Å². The number of amides is 1. The van der Waals surface area contributed by atoms with Gasteiger partial charge in [-0.15, -0.1) is 0 Å². The first-order valence-corrected chi connectivity index (χ1v) is 8.65. The molecule has 132 valence electrons. The van der Waals surface area contributed by atoms with Crippen molar-refractivity contribution in [1.82, 2.24) is 10.9 Å². The molecule has 0 saturated carbocycles. The minimum atomic E-state index is -0.533. The van der Waals surface area contributed by atoms with Gasteiger partial charge in [0.1, 0.15) is 5.75 Å². The lowest BCUT2D eigenvalue weighted by molar-refractivity contribution is 0.0941. The van der Waals surface area contributed by atoms with E-state index in [-0.39, 0.29) is 16.4 Å². The maximum absolute atomic E-state index is 12.3. The molecular weight excluding hydrogens is 393 g/mol. The van der Waals surface area contributed by atoms with E-state index in [2.05, 4.69) is 16.2 Å². The number of phenolic OH excluding ortho intramolecular Hbond substituents is 1. The molecule has 0 atom stereocenters. The molecule has 0 saturated heterocycles. The molecule has 5 nitrogen and oxygen atoms in total. The SMILES string of the molecule is O=C(NNC(=S)Nc1cccc(Cl)c1Cl)c1cc2ccccc2cc1O. The van der Waals surface area contributed by atoms with E-state index < -0.39 is 5.91 Å². The zero-order chi connectivity index (χ0) is 18.7. The van der Waals surface area contributed by atoms with Crippen LogP contribution >= 0.6 is 35.4 Å². The molecule has 3 aromatic rings. The van der Waals surface area contributed by atoms with E-state index in [4.69, 9.17) is 35.4 Å². The van der Waals surface area contributed by atoms with Crippen LogP contribution in [0.3, 0.4) is 0 Å². The monoisotopic (exact) mass is 405 g/mol. The molecule has 0 aromatic heterocycles. The van der Waals surface area contributed by atoms with Gasteiger partial charge in [0, 0.05) is 0 Å². The van der Waals surface area contributed by atoms with Crippen LogP contribution in [0.5, 0.6) is 5.75 Å². The summed E-state index contributed by atoms with van der Waals surface area (Å²) in [4.78, 5) is 12.3. The molecular formula is C18H13Cl2N3O2S. The van der Waals surface area contributed by atoms with Gasteiger partial charge in [-0.2, -0.15) is 0 Å². The third kappa shape index (κ3) is 3.99. The first-order valence-electron chi connectivity index (χ1n) is 7.49. The fraction of sp³-hybridized carbons (Fsp3) is 0. The van der Waals surface area contributed by atoms with Crippen molar-refractivity contribution in [2.45, 2.75) is 0 Å². The topological polar surface area (TPSA) is 73.4 Å². The van der Waals surface area contributed by atoms with E-state index >= 15 is 0 Å². The molecule has 3 aromatic carbocycles. The number of hydrazine groups is 1. The Morgan fingerprint density at radius 1 is 0.962 bits per heavy atom. The molecule has 8 heteroatoms. The number of halogens is 2. The summed E-state index contributed by atoms with van der Waals surface area (Å²) < 4.78 is 0. The molecule has 0 unspecified atom stereocenters. The number of phenols is 1. The van der Waals surface area contributed by atoms with Crippen molar-refractivity contribution in [3.8, 4) is 5.75 Å². The minimum absolute atomic E-state index is 0.114. The number of carbonyl (C=O) groups excluding carboxylic acids is 1. The molecule has 0 aliphatic rings. The summed E-state index contributed by atoms with van der Waals surface area (Å²) in [5, 5.41) is 15.4. The maximum atomic E-state index is 12.3. The molecule has 3 rings (SSSR count). The molecule has 0 bridgehead atoms. The lowest BCUT2D eigenvalue weighted by Crippen LogP contribution is -2.43. The zero-order valence-corrected chi connectivity index (χ0v) is 15.5. The van der Waals surface area contributed by atoms with Crippen LogP contribution in [0.15, 0.2) is 54.6 Å². The van der Waals surface area contributed by atoms with Gasteiger partial charge < -0.3 is 10.4 Å². The highest BCUT2D eigenvalue weighted by molar-refractivity contribution is 7.80. The van der Waals surface area contributed by atoms with Crippen molar-refractivity contribution in [2.75, 3.05) is 5.32 Å². The van der Waals surface area contributed by atoms with Crippen LogP contribution in [0.1, 0.15) is 10.4 Å². The Labute approximate surface area is 164 Å². The second-order valence-corrected chi connectivity index (χ2v) is 6.54. The highest BCUT2D eigenvalue weighted by Gasteiger charge is 2.13. The average molecular weight is 406 g/mol. The van der Waals surface area contributed by atoms with Crippen molar-refractivity contribution in [3.05, 3.63) is 70.2 Å². The van der Waals surface area contributed by atoms with Gasteiger partial charge in [-0.05, 0) is 47.3 Å². The lowest BCUT2D eigenvalue weighted by atomic mass is 10.1. The average Bonchev–Trinajstić information content (AvgIpc) is 2.63. The second-order valence-electron chi connectivity index (χ2n) is 5.35. The molecule has 0 aliphatic carbocycles. The van der Waals surface area contributed by atoms with Crippen LogP contribution in [0, 0.1) is 0 Å². The van der Waals surface area contributed by atoms with Crippen molar-refractivity contribution in [2.24, 2.45) is 0 Å². The van der Waals surface area contributed by atoms with Crippen LogP contribution in [0.4, 0.5) is 5.69 Å². The molecule has 0 fully saturated rings. The van der Waals surface area contributed by atoms with Crippen LogP contribution in [-0.4, -0.2) is 16.1 Å². The number of carbonyl (C=O) groups is 1. The highest BCUT2D eigenvalue weighted by atomic mass is 35.5. The number of fused-ring (bicyclic) bond motifs is 1. The largest absolute Gasteiger partial charge is 0.507 e. The van der Waals surface area contributed by atoms with E-state index in [1.54, 1.807) is 24.3 Å². The molecule has 26 heavy (non-hydrogen) atoms. The zero-order valence-electron chi connectivity index (χ0n) is 13.2. The normalized spacial score (nSPS) is 10.4. The van der Waals surface area contributed by atoms with Crippen molar-refractivity contribution < 1.29 is 9.90 Å². The quantitative estimate of drug-likeness (QED) is 0.373. The van der Waals surface area contributed by atoms with E-state index in [1.807, 2.05) is 24.3 Å². The first kappa shape index (κ1) is 18.3. The number of thiocarbonyl (C=S) groups is 1. The van der Waals surface area contributed by atoms with Gasteiger partial charge in [0.25, 0.3) is 5.91 Å².